The topological polar surface area (TPSA) is 68.0 Å². The summed E-state index contributed by atoms with van der Waals surface area (Å²) in [5.74, 6) is 0.737. The number of nitrogens with zero attached hydrogens (tertiary/aromatic N) is 1. The molecule has 0 spiro atoms. The molecule has 2 aromatic rings. The number of hydrogen-bond acceptors (Lipinski definition) is 5. The van der Waals surface area contributed by atoms with Crippen LogP contribution >= 0.6 is 23.1 Å². The molecule has 0 saturated heterocycles. The highest BCUT2D eigenvalue weighted by Crippen LogP contribution is 2.25. The zero-order valence-electron chi connectivity index (χ0n) is 9.84. The number of nitrogens with one attached hydrogen (secondary N) is 1. The molecule has 0 fully saturated rings. The number of aromatic nitrogens is 1. The van der Waals surface area contributed by atoms with Crippen LogP contribution in [-0.4, -0.2) is 10.9 Å². The molecule has 0 saturated carbocycles. The first-order valence-corrected chi connectivity index (χ1v) is 7.20. The Bertz CT molecular complexity index is 537. The highest BCUT2D eigenvalue weighted by Gasteiger charge is 2.01. The van der Waals surface area contributed by atoms with E-state index < -0.39 is 0 Å². The van der Waals surface area contributed by atoms with Gasteiger partial charge >= 0.3 is 0 Å². The Morgan fingerprint density at radius 1 is 1.44 bits per heavy atom. The van der Waals surface area contributed by atoms with Crippen molar-refractivity contribution < 1.29 is 4.79 Å². The standard InChI is InChI=1S/C12H13N3OS2/c1-8(16)14-9-2-4-11(5-3-9)17-6-10-7-18-12(13)15-10/h2-5,7H,6H2,1H3,(H2,13,15)(H,14,16). The molecule has 0 bridgehead atoms. The molecule has 6 heteroatoms. The molecule has 1 aromatic carbocycles. The highest BCUT2D eigenvalue weighted by atomic mass is 32.2. The van der Waals surface area contributed by atoms with E-state index in [1.54, 1.807) is 11.8 Å². The molecule has 0 aliphatic carbocycles. The van der Waals surface area contributed by atoms with Crippen LogP contribution in [0.3, 0.4) is 0 Å². The van der Waals surface area contributed by atoms with Crippen molar-refractivity contribution in [2.45, 2.75) is 17.6 Å². The largest absolute Gasteiger partial charge is 0.375 e. The third-order valence-corrected chi connectivity index (χ3v) is 3.90. The average Bonchev–Trinajstić information content (AvgIpc) is 2.74. The Morgan fingerprint density at radius 2 is 2.17 bits per heavy atom. The minimum Gasteiger partial charge on any atom is -0.375 e. The number of anilines is 2. The molecule has 18 heavy (non-hydrogen) atoms. The van der Waals surface area contributed by atoms with Crippen LogP contribution < -0.4 is 11.1 Å². The fraction of sp³-hybridized carbons (Fsp3) is 0.167. The fourth-order valence-corrected chi connectivity index (χ4v) is 2.84. The summed E-state index contributed by atoms with van der Waals surface area (Å²) in [4.78, 5) is 16.2. The van der Waals surface area contributed by atoms with Gasteiger partial charge in [-0.25, -0.2) is 4.98 Å². The van der Waals surface area contributed by atoms with E-state index in [0.29, 0.717) is 5.13 Å². The van der Waals surface area contributed by atoms with Gasteiger partial charge in [0.05, 0.1) is 5.69 Å². The minimum absolute atomic E-state index is 0.0617. The Hall–Kier alpha value is -1.53. The number of hydrogen-bond donors (Lipinski definition) is 2. The summed E-state index contributed by atoms with van der Waals surface area (Å²) in [7, 11) is 0. The Balaban J connectivity index is 1.92. The third kappa shape index (κ3) is 3.75. The van der Waals surface area contributed by atoms with Crippen molar-refractivity contribution in [3.05, 3.63) is 35.3 Å². The number of rotatable bonds is 4. The van der Waals surface area contributed by atoms with Gasteiger partial charge in [0.1, 0.15) is 0 Å². The quantitative estimate of drug-likeness (QED) is 0.844. The molecule has 1 heterocycles. The SMILES string of the molecule is CC(=O)Nc1ccc(SCc2csc(N)n2)cc1. The lowest BCUT2D eigenvalue weighted by Crippen LogP contribution is -2.05. The van der Waals surface area contributed by atoms with Gasteiger partial charge in [-0.1, -0.05) is 0 Å². The number of amides is 1. The molecule has 0 atom stereocenters. The van der Waals surface area contributed by atoms with Crippen molar-refractivity contribution in [2.75, 3.05) is 11.1 Å². The summed E-state index contributed by atoms with van der Waals surface area (Å²) in [6.45, 7) is 1.50. The van der Waals surface area contributed by atoms with Crippen LogP contribution in [0, 0.1) is 0 Å². The molecular formula is C12H13N3OS2. The first-order valence-electron chi connectivity index (χ1n) is 5.34. The molecule has 3 N–H and O–H groups in total. The van der Waals surface area contributed by atoms with Crippen LogP contribution in [-0.2, 0) is 10.5 Å². The van der Waals surface area contributed by atoms with Crippen LogP contribution in [0.1, 0.15) is 12.6 Å². The number of carbonyl (C=O) groups excluding carboxylic acids is 1. The first-order chi connectivity index (χ1) is 8.63. The summed E-state index contributed by atoms with van der Waals surface area (Å²) >= 11 is 3.15. The van der Waals surface area contributed by atoms with E-state index >= 15 is 0 Å². The van der Waals surface area contributed by atoms with E-state index in [1.807, 2.05) is 29.6 Å². The summed E-state index contributed by atoms with van der Waals surface area (Å²) in [6, 6.07) is 7.73. The molecular weight excluding hydrogens is 266 g/mol. The Kier molecular flexibility index (Phi) is 4.22. The van der Waals surface area contributed by atoms with E-state index in [2.05, 4.69) is 10.3 Å². The normalized spacial score (nSPS) is 10.3. The van der Waals surface area contributed by atoms with Crippen LogP contribution in [0.5, 0.6) is 0 Å². The van der Waals surface area contributed by atoms with Crippen molar-refractivity contribution >= 4 is 39.8 Å². The second-order valence-electron chi connectivity index (χ2n) is 3.67. The molecule has 1 aromatic heterocycles. The van der Waals surface area contributed by atoms with Gasteiger partial charge < -0.3 is 11.1 Å². The van der Waals surface area contributed by atoms with E-state index in [1.165, 1.54) is 18.3 Å². The molecule has 4 nitrogen and oxygen atoms in total. The second-order valence-corrected chi connectivity index (χ2v) is 5.61. The predicted octanol–water partition coefficient (Wildman–Crippen LogP) is 2.98. The zero-order valence-corrected chi connectivity index (χ0v) is 11.5. The number of nitrogen functional groups attached to an aromatic ring is 1. The van der Waals surface area contributed by atoms with Gasteiger partial charge in [0.15, 0.2) is 5.13 Å². The van der Waals surface area contributed by atoms with Crippen LogP contribution in [0.25, 0.3) is 0 Å². The van der Waals surface area contributed by atoms with E-state index in [4.69, 9.17) is 5.73 Å². The predicted molar refractivity (Wildman–Crippen MR) is 76.8 cm³/mol. The molecule has 0 aliphatic rings. The smallest absolute Gasteiger partial charge is 0.221 e. The maximum atomic E-state index is 10.9. The number of benzene rings is 1. The molecule has 1 amide bonds. The van der Waals surface area contributed by atoms with E-state index in [9.17, 15) is 4.79 Å². The van der Waals surface area contributed by atoms with Gasteiger partial charge in [-0.05, 0) is 24.3 Å². The van der Waals surface area contributed by atoms with Crippen molar-refractivity contribution in [1.29, 1.82) is 0 Å². The number of nitrogens with two attached hydrogens (primary N) is 1. The molecule has 94 valence electrons. The summed E-state index contributed by atoms with van der Waals surface area (Å²) in [5, 5.41) is 5.30. The maximum Gasteiger partial charge on any atom is 0.221 e. The van der Waals surface area contributed by atoms with Gasteiger partial charge in [-0.2, -0.15) is 0 Å². The summed E-state index contributed by atoms with van der Waals surface area (Å²) < 4.78 is 0. The van der Waals surface area contributed by atoms with E-state index in [0.717, 1.165) is 22.0 Å². The summed E-state index contributed by atoms with van der Waals surface area (Å²) in [6.07, 6.45) is 0. The van der Waals surface area contributed by atoms with Crippen molar-refractivity contribution in [1.82, 2.24) is 4.98 Å². The lowest BCUT2D eigenvalue weighted by atomic mass is 10.3. The summed E-state index contributed by atoms with van der Waals surface area (Å²) in [5.41, 5.74) is 7.38. The number of thiazole rings is 1. The first kappa shape index (κ1) is 12.9. The maximum absolute atomic E-state index is 10.9. The van der Waals surface area contributed by atoms with Crippen molar-refractivity contribution in [2.24, 2.45) is 0 Å². The van der Waals surface area contributed by atoms with Crippen LogP contribution in [0.4, 0.5) is 10.8 Å². The van der Waals surface area contributed by atoms with Crippen LogP contribution in [0.15, 0.2) is 34.5 Å². The Morgan fingerprint density at radius 3 is 2.72 bits per heavy atom. The van der Waals surface area contributed by atoms with Gasteiger partial charge in [0.25, 0.3) is 0 Å². The third-order valence-electron chi connectivity index (χ3n) is 2.13. The van der Waals surface area contributed by atoms with Crippen LogP contribution in [0.2, 0.25) is 0 Å². The van der Waals surface area contributed by atoms with E-state index in [-0.39, 0.29) is 5.91 Å². The monoisotopic (exact) mass is 279 g/mol. The minimum atomic E-state index is -0.0617. The van der Waals surface area contributed by atoms with Gasteiger partial charge in [-0.15, -0.1) is 23.1 Å². The molecule has 0 aliphatic heterocycles. The fourth-order valence-electron chi connectivity index (χ4n) is 1.38. The second kappa shape index (κ2) is 5.88. The number of thioether (sulfide) groups is 1. The average molecular weight is 279 g/mol. The highest BCUT2D eigenvalue weighted by molar-refractivity contribution is 7.98. The van der Waals surface area contributed by atoms with Crippen molar-refractivity contribution in [3.8, 4) is 0 Å². The lowest BCUT2D eigenvalue weighted by molar-refractivity contribution is -0.114. The van der Waals surface area contributed by atoms with Gasteiger partial charge in [0.2, 0.25) is 5.91 Å². The Labute approximate surface area is 114 Å². The zero-order chi connectivity index (χ0) is 13.0. The van der Waals surface area contributed by atoms with Gasteiger partial charge in [-0.3, -0.25) is 4.79 Å². The molecule has 2 rings (SSSR count). The lowest BCUT2D eigenvalue weighted by Gasteiger charge is -2.03. The van der Waals surface area contributed by atoms with Crippen molar-refractivity contribution in [3.63, 3.8) is 0 Å². The molecule has 0 radical (unpaired) electrons. The molecule has 0 unspecified atom stereocenters. The van der Waals surface area contributed by atoms with Gasteiger partial charge in [0, 0.05) is 28.6 Å². The number of carbonyl (C=O) groups is 1.